The molecule has 0 saturated heterocycles. The van der Waals surface area contributed by atoms with Gasteiger partial charge in [-0.05, 0) is 105 Å². The topological polar surface area (TPSA) is 90.7 Å². The van der Waals surface area contributed by atoms with Gasteiger partial charge in [0.1, 0.15) is 22.3 Å². The van der Waals surface area contributed by atoms with E-state index in [1.807, 2.05) is 54.7 Å². The molecule has 16 rings (SSSR count). The van der Waals surface area contributed by atoms with Crippen molar-refractivity contribution in [2.75, 3.05) is 0 Å². The average Bonchev–Trinajstić information content (AvgIpc) is 4.17. The molecule has 14 aromatic rings. The molecule has 9 aromatic carbocycles. The molecule has 0 bridgehead atoms. The molecule has 5 aromatic heterocycles. The Hall–Kier alpha value is -9.59. The van der Waals surface area contributed by atoms with E-state index >= 15 is 0 Å². The van der Waals surface area contributed by atoms with E-state index in [2.05, 4.69) is 158 Å². The molecule has 2 aliphatic rings. The third kappa shape index (κ3) is 5.34. The Labute approximate surface area is 405 Å². The van der Waals surface area contributed by atoms with Crippen LogP contribution in [-0.4, -0.2) is 24.9 Å². The van der Waals surface area contributed by atoms with Gasteiger partial charge in [0.2, 0.25) is 0 Å². The van der Waals surface area contributed by atoms with E-state index in [-0.39, 0.29) is 0 Å². The van der Waals surface area contributed by atoms with Gasteiger partial charge in [-0.15, -0.1) is 0 Å². The minimum absolute atomic E-state index is 0.561. The number of pyridine rings is 2. The Morgan fingerprint density at radius 1 is 0.338 bits per heavy atom. The lowest BCUT2D eigenvalue weighted by molar-refractivity contribution is 0.666. The predicted molar refractivity (Wildman–Crippen MR) is 283 cm³/mol. The van der Waals surface area contributed by atoms with E-state index in [1.165, 1.54) is 44.5 Å². The second-order valence-corrected chi connectivity index (χ2v) is 18.7. The highest BCUT2D eigenvalue weighted by molar-refractivity contribution is 6.16. The molecule has 0 radical (unpaired) electrons. The molecule has 0 N–H and O–H groups in total. The van der Waals surface area contributed by atoms with Gasteiger partial charge < -0.3 is 8.83 Å². The molecule has 5 heterocycles. The molecule has 71 heavy (non-hydrogen) atoms. The molecular weight excluding hydrogens is 871 g/mol. The number of para-hydroxylation sites is 1. The molecule has 0 amide bonds. The molecule has 1 spiro atoms. The van der Waals surface area contributed by atoms with E-state index in [4.69, 9.17) is 33.8 Å². The van der Waals surface area contributed by atoms with Crippen molar-refractivity contribution in [3.8, 4) is 67.7 Å². The molecule has 0 atom stereocenters. The van der Waals surface area contributed by atoms with E-state index < -0.39 is 5.41 Å². The monoisotopic (exact) mass is 905 g/mol. The van der Waals surface area contributed by atoms with Crippen LogP contribution in [0.4, 0.5) is 0 Å². The van der Waals surface area contributed by atoms with Crippen LogP contribution < -0.4 is 0 Å². The Balaban J connectivity index is 0.919. The number of aromatic nitrogens is 5. The van der Waals surface area contributed by atoms with Crippen LogP contribution in [0, 0.1) is 0 Å². The summed E-state index contributed by atoms with van der Waals surface area (Å²) in [7, 11) is 0. The third-order valence-corrected chi connectivity index (χ3v) is 14.9. The maximum atomic E-state index is 6.88. The van der Waals surface area contributed by atoms with Crippen molar-refractivity contribution in [2.24, 2.45) is 0 Å². The average molecular weight is 906 g/mol. The van der Waals surface area contributed by atoms with Crippen molar-refractivity contribution in [3.05, 3.63) is 235 Å². The lowest BCUT2D eigenvalue weighted by atomic mass is 9.69. The molecule has 7 heteroatoms. The van der Waals surface area contributed by atoms with Gasteiger partial charge in [-0.3, -0.25) is 4.98 Å². The highest BCUT2D eigenvalue weighted by Gasteiger charge is 2.53. The SMILES string of the molecule is c1ccc(-c2nc(-c3cccc(-c4ccc5ccc6cccnc6c5n4)c3)nc(-c3ccc4oc5ccc6c(c5c4c3)C3(c4ccccc4-c4ccccc43)c3cc4oc5ccccc5c4cc3-6)n2)cc1. The van der Waals surface area contributed by atoms with Crippen molar-refractivity contribution in [1.82, 2.24) is 24.9 Å². The summed E-state index contributed by atoms with van der Waals surface area (Å²) in [6.07, 6.45) is 1.82. The van der Waals surface area contributed by atoms with Crippen LogP contribution in [0.3, 0.4) is 0 Å². The lowest BCUT2D eigenvalue weighted by Gasteiger charge is -2.31. The number of hydrogen-bond donors (Lipinski definition) is 0. The van der Waals surface area contributed by atoms with E-state index in [1.54, 1.807) is 0 Å². The number of fused-ring (bicyclic) bond motifs is 20. The summed E-state index contributed by atoms with van der Waals surface area (Å²) >= 11 is 0. The molecule has 0 saturated carbocycles. The normalized spacial score (nSPS) is 13.2. The summed E-state index contributed by atoms with van der Waals surface area (Å²) in [4.78, 5) is 25.5. The van der Waals surface area contributed by atoms with Crippen molar-refractivity contribution in [2.45, 2.75) is 5.41 Å². The summed E-state index contributed by atoms with van der Waals surface area (Å²) in [5, 5.41) is 6.37. The lowest BCUT2D eigenvalue weighted by Crippen LogP contribution is -2.26. The summed E-state index contributed by atoms with van der Waals surface area (Å²) in [5.74, 6) is 1.71. The predicted octanol–water partition coefficient (Wildman–Crippen LogP) is 15.8. The zero-order valence-corrected chi connectivity index (χ0v) is 37.8. The van der Waals surface area contributed by atoms with Gasteiger partial charge in [0, 0.05) is 60.8 Å². The van der Waals surface area contributed by atoms with Crippen LogP contribution in [0.5, 0.6) is 0 Å². The van der Waals surface area contributed by atoms with E-state index in [0.717, 1.165) is 93.6 Å². The first-order valence-electron chi connectivity index (χ1n) is 23.9. The molecular formula is C64H35N5O2. The zero-order valence-electron chi connectivity index (χ0n) is 37.8. The molecule has 7 nitrogen and oxygen atoms in total. The number of furan rings is 2. The molecule has 0 fully saturated rings. The molecule has 328 valence electrons. The first-order valence-corrected chi connectivity index (χ1v) is 23.9. The smallest absolute Gasteiger partial charge is 0.164 e. The number of benzene rings is 9. The second kappa shape index (κ2) is 14.2. The van der Waals surface area contributed by atoms with Gasteiger partial charge in [-0.25, -0.2) is 19.9 Å². The Kier molecular flexibility index (Phi) is 7.69. The fraction of sp³-hybridized carbons (Fsp3) is 0.0156. The highest BCUT2D eigenvalue weighted by atomic mass is 16.3. The van der Waals surface area contributed by atoms with E-state index in [9.17, 15) is 0 Å². The number of rotatable bonds is 4. The quantitative estimate of drug-likeness (QED) is 0.162. The van der Waals surface area contributed by atoms with Gasteiger partial charge in [0.15, 0.2) is 17.5 Å². The van der Waals surface area contributed by atoms with Crippen LogP contribution in [0.25, 0.3) is 133 Å². The third-order valence-electron chi connectivity index (χ3n) is 14.9. The van der Waals surface area contributed by atoms with Crippen molar-refractivity contribution < 1.29 is 8.83 Å². The minimum atomic E-state index is -0.660. The Morgan fingerprint density at radius 2 is 0.986 bits per heavy atom. The van der Waals surface area contributed by atoms with Crippen molar-refractivity contribution >= 4 is 65.7 Å². The molecule has 2 aliphatic carbocycles. The fourth-order valence-corrected chi connectivity index (χ4v) is 11.9. The van der Waals surface area contributed by atoms with Gasteiger partial charge >= 0.3 is 0 Å². The standard InChI is InChI=1S/C64H35N5O2/c1-2-12-38(13-3-1)61-67-62(40-15-10-14-39(32-40)52-28-25-37-24-23-36-16-11-31-65-59(36)60(37)66-52)69-63(68-61)41-26-29-54-48(33-41)57-55(70-54)30-27-45-46-34-47-44-19-6-9-22-53(44)71-56(47)35-51(46)64(58(45)57)49-20-7-4-17-42(49)43-18-5-8-21-50(43)64/h1-35H. The maximum Gasteiger partial charge on any atom is 0.164 e. The fourth-order valence-electron chi connectivity index (χ4n) is 11.9. The maximum absolute atomic E-state index is 6.88. The summed E-state index contributed by atoms with van der Waals surface area (Å²) < 4.78 is 13.5. The summed E-state index contributed by atoms with van der Waals surface area (Å²) in [6.45, 7) is 0. The van der Waals surface area contributed by atoms with Crippen LogP contribution in [-0.2, 0) is 5.41 Å². The zero-order chi connectivity index (χ0) is 46.4. The second-order valence-electron chi connectivity index (χ2n) is 18.7. The number of hydrogen-bond acceptors (Lipinski definition) is 7. The molecule has 0 unspecified atom stereocenters. The van der Waals surface area contributed by atoms with Crippen molar-refractivity contribution in [3.63, 3.8) is 0 Å². The summed E-state index contributed by atoms with van der Waals surface area (Å²) in [5.41, 5.74) is 18.6. The Bertz CT molecular complexity index is 4560. The van der Waals surface area contributed by atoms with Gasteiger partial charge in [0.25, 0.3) is 0 Å². The highest BCUT2D eigenvalue weighted by Crippen LogP contribution is 2.65. The Morgan fingerprint density at radius 3 is 1.82 bits per heavy atom. The van der Waals surface area contributed by atoms with Gasteiger partial charge in [0.05, 0.1) is 22.1 Å². The number of nitrogens with zero attached hydrogens (tertiary/aromatic N) is 5. The first-order chi connectivity index (χ1) is 35.2. The largest absolute Gasteiger partial charge is 0.456 e. The van der Waals surface area contributed by atoms with Crippen molar-refractivity contribution in [1.29, 1.82) is 0 Å². The van der Waals surface area contributed by atoms with Crippen LogP contribution in [0.15, 0.2) is 221 Å². The summed E-state index contributed by atoms with van der Waals surface area (Å²) in [6, 6.07) is 72.4. The van der Waals surface area contributed by atoms with Gasteiger partial charge in [-0.2, -0.15) is 0 Å². The van der Waals surface area contributed by atoms with Crippen LogP contribution in [0.2, 0.25) is 0 Å². The van der Waals surface area contributed by atoms with Crippen LogP contribution in [0.1, 0.15) is 22.3 Å². The van der Waals surface area contributed by atoms with Gasteiger partial charge in [-0.1, -0.05) is 146 Å². The molecule has 0 aliphatic heterocycles. The minimum Gasteiger partial charge on any atom is -0.456 e. The van der Waals surface area contributed by atoms with Crippen LogP contribution >= 0.6 is 0 Å². The first kappa shape index (κ1) is 38.4. The van der Waals surface area contributed by atoms with E-state index in [0.29, 0.717) is 17.5 Å².